The number of hydrogen-bond acceptors (Lipinski definition) is 4. The van der Waals surface area contributed by atoms with Crippen LogP contribution < -0.4 is 10.2 Å². The van der Waals surface area contributed by atoms with Gasteiger partial charge in [0.05, 0.1) is 21.7 Å². The Balaban J connectivity index is 2.53. The second kappa shape index (κ2) is 5.72. The van der Waals surface area contributed by atoms with Crippen LogP contribution in [0.1, 0.15) is 33.3 Å². The van der Waals surface area contributed by atoms with E-state index in [1.165, 1.54) is 6.07 Å². The van der Waals surface area contributed by atoms with Crippen molar-refractivity contribution in [3.63, 3.8) is 0 Å². The fourth-order valence-corrected chi connectivity index (χ4v) is 3.17. The second-order valence-electron chi connectivity index (χ2n) is 6.55. The molecular weight excluding hydrogens is 346 g/mol. The van der Waals surface area contributed by atoms with Crippen molar-refractivity contribution in [1.82, 2.24) is 4.72 Å². The lowest BCUT2D eigenvalue weighted by Gasteiger charge is -2.32. The molecule has 1 aromatic rings. The maximum atomic E-state index is 13.3. The Kier molecular flexibility index (Phi) is 4.58. The van der Waals surface area contributed by atoms with E-state index in [-0.39, 0.29) is 5.46 Å². The molecule has 0 saturated carbocycles. The Hall–Kier alpha value is -1.10. The van der Waals surface area contributed by atoms with Crippen LogP contribution in [-0.4, -0.2) is 33.8 Å². The van der Waals surface area contributed by atoms with Gasteiger partial charge >= 0.3 is 13.3 Å². The summed E-state index contributed by atoms with van der Waals surface area (Å²) in [6, 6.07) is 2.93. The maximum Gasteiger partial charge on any atom is 0.494 e. The third-order valence-electron chi connectivity index (χ3n) is 4.39. The molecule has 0 spiro atoms. The Morgan fingerprint density at radius 3 is 2.00 bits per heavy atom. The van der Waals surface area contributed by atoms with E-state index in [0.29, 0.717) is 0 Å². The maximum absolute atomic E-state index is 13.3. The molecule has 1 saturated heterocycles. The smallest absolute Gasteiger partial charge is 0.399 e. The molecule has 1 aliphatic heterocycles. The number of hydrogen-bond donors (Lipinski definition) is 1. The van der Waals surface area contributed by atoms with Crippen LogP contribution in [0.15, 0.2) is 23.1 Å². The van der Waals surface area contributed by atoms with Gasteiger partial charge in [-0.3, -0.25) is 0 Å². The van der Waals surface area contributed by atoms with Gasteiger partial charge in [-0.15, -0.1) is 0 Å². The quantitative estimate of drug-likeness (QED) is 0.832. The second-order valence-corrected chi connectivity index (χ2v) is 8.40. The highest BCUT2D eigenvalue weighted by Gasteiger charge is 2.52. The van der Waals surface area contributed by atoms with Crippen LogP contribution in [0.2, 0.25) is 0 Å². The molecular formula is C14H19BF3NO4S. The van der Waals surface area contributed by atoms with Gasteiger partial charge in [0.1, 0.15) is 0 Å². The Morgan fingerprint density at radius 1 is 1.08 bits per heavy atom. The minimum atomic E-state index is -4.83. The van der Waals surface area contributed by atoms with Gasteiger partial charge in [0.15, 0.2) is 0 Å². The molecule has 1 fully saturated rings. The first kappa shape index (κ1) is 19.2. The van der Waals surface area contributed by atoms with Gasteiger partial charge in [-0.25, -0.2) is 13.1 Å². The molecule has 0 aliphatic carbocycles. The summed E-state index contributed by atoms with van der Waals surface area (Å²) in [5, 5.41) is 0. The van der Waals surface area contributed by atoms with E-state index in [1.807, 2.05) is 4.72 Å². The zero-order chi connectivity index (χ0) is 18.6. The summed E-state index contributed by atoms with van der Waals surface area (Å²) in [5.41, 5.74) is -2.59. The van der Waals surface area contributed by atoms with Crippen molar-refractivity contribution in [1.29, 1.82) is 0 Å². The first-order valence-electron chi connectivity index (χ1n) is 7.21. The minimum Gasteiger partial charge on any atom is -0.399 e. The summed E-state index contributed by atoms with van der Waals surface area (Å²) in [6.45, 7) is 7.10. The summed E-state index contributed by atoms with van der Waals surface area (Å²) in [6.07, 6.45) is -4.83. The van der Waals surface area contributed by atoms with E-state index in [1.54, 1.807) is 27.7 Å². The van der Waals surface area contributed by atoms with Crippen molar-refractivity contribution in [2.45, 2.75) is 50.0 Å². The topological polar surface area (TPSA) is 64.6 Å². The fourth-order valence-electron chi connectivity index (χ4n) is 2.24. The predicted octanol–water partition coefficient (Wildman–Crippen LogP) is 1.91. The summed E-state index contributed by atoms with van der Waals surface area (Å²) in [4.78, 5) is -0.835. The molecule has 134 valence electrons. The number of nitrogens with one attached hydrogen (secondary N) is 1. The zero-order valence-electron chi connectivity index (χ0n) is 14.0. The highest BCUT2D eigenvalue weighted by molar-refractivity contribution is 7.89. The van der Waals surface area contributed by atoms with E-state index in [9.17, 15) is 21.6 Å². The van der Waals surface area contributed by atoms with E-state index in [4.69, 9.17) is 9.31 Å². The normalized spacial score (nSPS) is 20.4. The van der Waals surface area contributed by atoms with Gasteiger partial charge in [-0.2, -0.15) is 13.2 Å². The van der Waals surface area contributed by atoms with Gasteiger partial charge < -0.3 is 9.31 Å². The number of benzene rings is 1. The first-order valence-corrected chi connectivity index (χ1v) is 8.70. The average molecular weight is 365 g/mol. The van der Waals surface area contributed by atoms with E-state index in [0.717, 1.165) is 19.2 Å². The monoisotopic (exact) mass is 365 g/mol. The molecule has 0 unspecified atom stereocenters. The fraction of sp³-hybridized carbons (Fsp3) is 0.571. The predicted molar refractivity (Wildman–Crippen MR) is 83.4 cm³/mol. The SMILES string of the molecule is CNS(=O)(=O)c1ccc(B2OC(C)(C)C(C)(C)O2)cc1C(F)(F)F. The van der Waals surface area contributed by atoms with E-state index < -0.39 is 45.0 Å². The molecule has 0 aromatic heterocycles. The summed E-state index contributed by atoms with van der Waals surface area (Å²) in [5.74, 6) is 0. The van der Waals surface area contributed by atoms with Gasteiger partial charge in [0.25, 0.3) is 0 Å². The van der Waals surface area contributed by atoms with Gasteiger partial charge in [0.2, 0.25) is 10.0 Å². The standard InChI is InChI=1S/C14H19BF3NO4S/c1-12(2)13(3,4)23-15(22-12)9-6-7-11(24(20,21)19-5)10(8-9)14(16,17)18/h6-8,19H,1-5H3. The molecule has 1 aliphatic rings. The molecule has 0 atom stereocenters. The molecule has 1 aromatic carbocycles. The third kappa shape index (κ3) is 3.33. The van der Waals surface area contributed by atoms with Gasteiger partial charge in [-0.05, 0) is 52.3 Å². The number of rotatable bonds is 3. The summed E-state index contributed by atoms with van der Waals surface area (Å²) in [7, 11) is -4.21. The van der Waals surface area contributed by atoms with Crippen LogP contribution in [-0.2, 0) is 25.5 Å². The van der Waals surface area contributed by atoms with Crippen LogP contribution in [0.3, 0.4) is 0 Å². The molecule has 0 radical (unpaired) electrons. The Morgan fingerprint density at radius 2 is 1.58 bits per heavy atom. The molecule has 0 bridgehead atoms. The lowest BCUT2D eigenvalue weighted by Crippen LogP contribution is -2.41. The highest BCUT2D eigenvalue weighted by atomic mass is 32.2. The van der Waals surface area contributed by atoms with E-state index >= 15 is 0 Å². The lowest BCUT2D eigenvalue weighted by molar-refractivity contribution is -0.139. The van der Waals surface area contributed by atoms with Crippen LogP contribution in [0, 0.1) is 0 Å². The number of sulfonamides is 1. The lowest BCUT2D eigenvalue weighted by atomic mass is 9.78. The largest absolute Gasteiger partial charge is 0.494 e. The highest BCUT2D eigenvalue weighted by Crippen LogP contribution is 2.38. The molecule has 10 heteroatoms. The van der Waals surface area contributed by atoms with Crippen LogP contribution in [0.25, 0.3) is 0 Å². The van der Waals surface area contributed by atoms with Crippen molar-refractivity contribution < 1.29 is 30.9 Å². The molecule has 1 heterocycles. The molecule has 1 N–H and O–H groups in total. The van der Waals surface area contributed by atoms with Crippen molar-refractivity contribution in [3.05, 3.63) is 23.8 Å². The Labute approximate surface area is 139 Å². The summed E-state index contributed by atoms with van der Waals surface area (Å²) >= 11 is 0. The van der Waals surface area contributed by atoms with Crippen molar-refractivity contribution in [2.24, 2.45) is 0 Å². The van der Waals surface area contributed by atoms with Crippen molar-refractivity contribution >= 4 is 22.6 Å². The first-order chi connectivity index (χ1) is 10.7. The minimum absolute atomic E-state index is 0.107. The summed E-state index contributed by atoms with van der Waals surface area (Å²) < 4.78 is 76.9. The number of halogens is 3. The molecule has 2 rings (SSSR count). The van der Waals surface area contributed by atoms with Gasteiger partial charge in [0, 0.05) is 0 Å². The molecule has 5 nitrogen and oxygen atoms in total. The zero-order valence-corrected chi connectivity index (χ0v) is 14.8. The third-order valence-corrected chi connectivity index (χ3v) is 5.87. The Bertz CT molecular complexity index is 731. The van der Waals surface area contributed by atoms with Crippen molar-refractivity contribution in [2.75, 3.05) is 7.05 Å². The van der Waals surface area contributed by atoms with Crippen LogP contribution in [0.4, 0.5) is 13.2 Å². The van der Waals surface area contributed by atoms with Crippen LogP contribution >= 0.6 is 0 Å². The molecule has 24 heavy (non-hydrogen) atoms. The van der Waals surface area contributed by atoms with E-state index in [2.05, 4.69) is 0 Å². The molecule has 0 amide bonds. The average Bonchev–Trinajstić information content (AvgIpc) is 2.66. The van der Waals surface area contributed by atoms with Gasteiger partial charge in [-0.1, -0.05) is 6.07 Å². The number of alkyl halides is 3. The van der Waals surface area contributed by atoms with Crippen LogP contribution in [0.5, 0.6) is 0 Å². The van der Waals surface area contributed by atoms with Crippen molar-refractivity contribution in [3.8, 4) is 0 Å².